The number of benzene rings is 3. The number of nitrogens with one attached hydrogen (secondary N) is 2. The number of carbonyl (C=O) groups is 3. The Balaban J connectivity index is 2.06. The molecule has 3 amide bonds. The molecule has 3 rings (SSSR count). The monoisotopic (exact) mass is 545 g/mol. The molecule has 0 heterocycles. The second-order valence-electron chi connectivity index (χ2n) is 12.0. The van der Waals surface area contributed by atoms with Crippen LogP contribution >= 0.6 is 0 Å². The van der Waals surface area contributed by atoms with Crippen LogP contribution in [0.2, 0.25) is 0 Å². The van der Waals surface area contributed by atoms with E-state index in [-0.39, 0.29) is 23.8 Å². The summed E-state index contributed by atoms with van der Waals surface area (Å²) in [4.78, 5) is 42.7. The van der Waals surface area contributed by atoms with Gasteiger partial charge in [-0.2, -0.15) is 0 Å². The Bertz CT molecular complexity index is 1370. The van der Waals surface area contributed by atoms with E-state index in [0.717, 1.165) is 27.5 Å². The average Bonchev–Trinajstić information content (AvgIpc) is 2.85. The Morgan fingerprint density at radius 3 is 2.10 bits per heavy atom. The van der Waals surface area contributed by atoms with Gasteiger partial charge >= 0.3 is 6.09 Å². The van der Waals surface area contributed by atoms with Crippen LogP contribution in [0.5, 0.6) is 0 Å². The molecule has 0 bridgehead atoms. The molecule has 0 saturated carbocycles. The number of aryl methyl sites for hydroxylation is 1. The molecule has 0 radical (unpaired) electrons. The van der Waals surface area contributed by atoms with Crippen LogP contribution in [0, 0.1) is 19.8 Å². The second-order valence-corrected chi connectivity index (χ2v) is 12.0. The topological polar surface area (TPSA) is 87.7 Å². The molecule has 0 fully saturated rings. The molecule has 7 heteroatoms. The van der Waals surface area contributed by atoms with Gasteiger partial charge in [0, 0.05) is 11.7 Å². The first-order valence-corrected chi connectivity index (χ1v) is 13.9. The van der Waals surface area contributed by atoms with Gasteiger partial charge in [-0.05, 0) is 94.0 Å². The average molecular weight is 546 g/mol. The smallest absolute Gasteiger partial charge is 0.408 e. The van der Waals surface area contributed by atoms with E-state index in [2.05, 4.69) is 10.6 Å². The van der Waals surface area contributed by atoms with Gasteiger partial charge in [-0.25, -0.2) is 4.79 Å². The van der Waals surface area contributed by atoms with Crippen molar-refractivity contribution in [3.63, 3.8) is 0 Å². The van der Waals surface area contributed by atoms with Gasteiger partial charge in [0.25, 0.3) is 5.91 Å². The van der Waals surface area contributed by atoms with Crippen LogP contribution < -0.4 is 10.6 Å². The molecule has 214 valence electrons. The van der Waals surface area contributed by atoms with Crippen LogP contribution in [0.4, 0.5) is 10.5 Å². The Labute approximate surface area is 238 Å². The number of rotatable bonds is 8. The fourth-order valence-electron chi connectivity index (χ4n) is 4.75. The van der Waals surface area contributed by atoms with Crippen molar-refractivity contribution in [3.8, 4) is 0 Å². The van der Waals surface area contributed by atoms with Crippen molar-refractivity contribution in [2.75, 3.05) is 5.32 Å². The summed E-state index contributed by atoms with van der Waals surface area (Å²) in [5.74, 6) is -0.926. The van der Waals surface area contributed by atoms with E-state index in [1.54, 1.807) is 25.7 Å². The fraction of sp³-hybridized carbons (Fsp3) is 0.424. The van der Waals surface area contributed by atoms with Crippen LogP contribution in [-0.4, -0.2) is 40.5 Å². The van der Waals surface area contributed by atoms with E-state index < -0.39 is 23.8 Å². The number of amides is 3. The van der Waals surface area contributed by atoms with Gasteiger partial charge in [-0.15, -0.1) is 0 Å². The summed E-state index contributed by atoms with van der Waals surface area (Å²) in [5, 5.41) is 7.90. The summed E-state index contributed by atoms with van der Waals surface area (Å²) in [7, 11) is 0. The Hall–Kier alpha value is -3.87. The molecule has 0 spiro atoms. The lowest BCUT2D eigenvalue weighted by Gasteiger charge is -2.38. The zero-order valence-corrected chi connectivity index (χ0v) is 25.2. The van der Waals surface area contributed by atoms with Gasteiger partial charge in [-0.3, -0.25) is 9.59 Å². The molecule has 0 aliphatic rings. The van der Waals surface area contributed by atoms with Crippen molar-refractivity contribution >= 4 is 34.4 Å². The molecule has 2 unspecified atom stereocenters. The Morgan fingerprint density at radius 2 is 1.50 bits per heavy atom. The van der Waals surface area contributed by atoms with Crippen LogP contribution in [0.15, 0.2) is 60.7 Å². The molecule has 0 aliphatic carbocycles. The maximum atomic E-state index is 14.2. The van der Waals surface area contributed by atoms with Crippen molar-refractivity contribution < 1.29 is 19.1 Å². The predicted molar refractivity (Wildman–Crippen MR) is 161 cm³/mol. The highest BCUT2D eigenvalue weighted by atomic mass is 16.6. The number of carbonyl (C=O) groups excluding carboxylic acids is 3. The third-order valence-electron chi connectivity index (χ3n) is 6.90. The van der Waals surface area contributed by atoms with Crippen molar-refractivity contribution in [2.24, 2.45) is 5.92 Å². The summed E-state index contributed by atoms with van der Waals surface area (Å²) < 4.78 is 5.45. The maximum absolute atomic E-state index is 14.2. The van der Waals surface area contributed by atoms with E-state index in [4.69, 9.17) is 4.74 Å². The second kappa shape index (κ2) is 12.5. The number of hydrogen-bond acceptors (Lipinski definition) is 4. The number of fused-ring (bicyclic) bond motifs is 1. The number of alkyl carbamates (subject to hydrolysis) is 1. The van der Waals surface area contributed by atoms with E-state index in [0.29, 0.717) is 5.69 Å². The molecular weight excluding hydrogens is 502 g/mol. The highest BCUT2D eigenvalue weighted by molar-refractivity contribution is 6.00. The van der Waals surface area contributed by atoms with Crippen molar-refractivity contribution in [1.29, 1.82) is 0 Å². The van der Waals surface area contributed by atoms with Crippen LogP contribution in [0.3, 0.4) is 0 Å². The van der Waals surface area contributed by atoms with Gasteiger partial charge < -0.3 is 20.3 Å². The fourth-order valence-corrected chi connectivity index (χ4v) is 4.75. The molecule has 0 aliphatic heterocycles. The first-order valence-electron chi connectivity index (χ1n) is 13.9. The zero-order chi connectivity index (χ0) is 29.8. The number of nitrogens with zero attached hydrogens (tertiary/aromatic N) is 1. The molecule has 3 aromatic rings. The summed E-state index contributed by atoms with van der Waals surface area (Å²) in [6.45, 7) is 16.7. The first kappa shape index (κ1) is 30.7. The Morgan fingerprint density at radius 1 is 0.850 bits per heavy atom. The summed E-state index contributed by atoms with van der Waals surface area (Å²) >= 11 is 0. The quantitative estimate of drug-likeness (QED) is 0.322. The SMILES string of the molecule is Cc1cccc(C(C(=O)Nc2ccc3ccccc3c2)N(C(=O)C(NC(=O)OC(C)(C)C)C(C)C)C(C)C)c1C. The minimum Gasteiger partial charge on any atom is -0.444 e. The number of anilines is 1. The van der Waals surface area contributed by atoms with Gasteiger partial charge in [0.2, 0.25) is 5.91 Å². The van der Waals surface area contributed by atoms with Gasteiger partial charge in [-0.1, -0.05) is 62.4 Å². The van der Waals surface area contributed by atoms with Gasteiger partial charge in [0.05, 0.1) is 0 Å². The molecular formula is C33H43N3O4. The predicted octanol–water partition coefficient (Wildman–Crippen LogP) is 6.92. The minimum atomic E-state index is -0.930. The largest absolute Gasteiger partial charge is 0.444 e. The van der Waals surface area contributed by atoms with Gasteiger partial charge in [0.1, 0.15) is 17.7 Å². The van der Waals surface area contributed by atoms with Crippen molar-refractivity contribution in [1.82, 2.24) is 10.2 Å². The van der Waals surface area contributed by atoms with E-state index >= 15 is 0 Å². The molecule has 0 saturated heterocycles. The number of ether oxygens (including phenoxy) is 1. The molecule has 40 heavy (non-hydrogen) atoms. The van der Waals surface area contributed by atoms with Crippen LogP contribution in [-0.2, 0) is 14.3 Å². The molecule has 3 aromatic carbocycles. The summed E-state index contributed by atoms with van der Waals surface area (Å²) in [6.07, 6.45) is -0.674. The van der Waals surface area contributed by atoms with Crippen LogP contribution in [0.1, 0.15) is 71.2 Å². The third-order valence-corrected chi connectivity index (χ3v) is 6.90. The highest BCUT2D eigenvalue weighted by Crippen LogP contribution is 2.31. The van der Waals surface area contributed by atoms with Crippen LogP contribution in [0.25, 0.3) is 10.8 Å². The lowest BCUT2D eigenvalue weighted by Crippen LogP contribution is -2.56. The standard InChI is InChI=1S/C33H43N3O4/c1-20(2)28(35-32(39)40-33(7,8)9)31(38)36(21(3)4)29(27-16-12-13-22(5)23(27)6)30(37)34-26-18-17-24-14-10-11-15-25(24)19-26/h10-21,28-29H,1-9H3,(H,34,37)(H,35,39). The van der Waals surface area contributed by atoms with E-state index in [1.165, 1.54) is 0 Å². The number of hydrogen-bond donors (Lipinski definition) is 2. The molecule has 2 N–H and O–H groups in total. The normalized spacial score (nSPS) is 13.2. The van der Waals surface area contributed by atoms with Crippen molar-refractivity contribution in [2.45, 2.75) is 86.0 Å². The molecule has 2 atom stereocenters. The van der Waals surface area contributed by atoms with E-state index in [1.807, 2.05) is 102 Å². The lowest BCUT2D eigenvalue weighted by molar-refractivity contribution is -0.143. The molecule has 0 aromatic heterocycles. The summed E-state index contributed by atoms with van der Waals surface area (Å²) in [5.41, 5.74) is 2.61. The first-order chi connectivity index (χ1) is 18.7. The maximum Gasteiger partial charge on any atom is 0.408 e. The minimum absolute atomic E-state index is 0.246. The summed E-state index contributed by atoms with van der Waals surface area (Å²) in [6, 6.07) is 17.3. The third kappa shape index (κ3) is 7.40. The van der Waals surface area contributed by atoms with E-state index in [9.17, 15) is 14.4 Å². The van der Waals surface area contributed by atoms with Gasteiger partial charge in [0.15, 0.2) is 0 Å². The molecule has 7 nitrogen and oxygen atoms in total. The Kier molecular flexibility index (Phi) is 9.61. The van der Waals surface area contributed by atoms with Crippen molar-refractivity contribution in [3.05, 3.63) is 77.4 Å². The zero-order valence-electron chi connectivity index (χ0n) is 25.2. The highest BCUT2D eigenvalue weighted by Gasteiger charge is 2.39. The lowest BCUT2D eigenvalue weighted by atomic mass is 9.93.